The molecule has 2 aliphatic heterocycles. The first-order valence-corrected chi connectivity index (χ1v) is 10.5. The quantitative estimate of drug-likeness (QED) is 0.797. The second-order valence-electron chi connectivity index (χ2n) is 6.98. The lowest BCUT2D eigenvalue weighted by Crippen LogP contribution is -2.39. The summed E-state index contributed by atoms with van der Waals surface area (Å²) in [6.07, 6.45) is 3.64. The molecule has 132 valence electrons. The van der Waals surface area contributed by atoms with E-state index in [4.69, 9.17) is 11.6 Å². The first kappa shape index (κ1) is 17.4. The van der Waals surface area contributed by atoms with Crippen LogP contribution in [0.2, 0.25) is 5.02 Å². The van der Waals surface area contributed by atoms with Gasteiger partial charge >= 0.3 is 0 Å². The fraction of sp³-hybridized carbons (Fsp3) is 0.429. The monoisotopic (exact) mass is 372 g/mol. The van der Waals surface area contributed by atoms with Crippen molar-refractivity contribution in [1.82, 2.24) is 10.2 Å². The van der Waals surface area contributed by atoms with E-state index in [1.54, 1.807) is 0 Å². The van der Waals surface area contributed by atoms with Gasteiger partial charge in [-0.25, -0.2) is 0 Å². The van der Waals surface area contributed by atoms with Gasteiger partial charge < -0.3 is 5.32 Å². The molecule has 2 aromatic rings. The van der Waals surface area contributed by atoms with Crippen LogP contribution in [-0.2, 0) is 6.42 Å². The van der Waals surface area contributed by atoms with Crippen LogP contribution in [0.15, 0.2) is 52.3 Å². The third-order valence-corrected chi connectivity index (χ3v) is 6.91. The second kappa shape index (κ2) is 7.71. The molecular weight excluding hydrogens is 348 g/mol. The summed E-state index contributed by atoms with van der Waals surface area (Å²) >= 11 is 8.14. The minimum atomic E-state index is 0.350. The summed E-state index contributed by atoms with van der Waals surface area (Å²) in [5.41, 5.74) is 2.77. The largest absolute Gasteiger partial charge is 0.308 e. The molecule has 0 aliphatic carbocycles. The van der Waals surface area contributed by atoms with Crippen molar-refractivity contribution in [3.8, 4) is 0 Å². The van der Waals surface area contributed by atoms with Gasteiger partial charge in [-0.15, -0.1) is 0 Å². The van der Waals surface area contributed by atoms with Crippen molar-refractivity contribution in [2.75, 3.05) is 19.6 Å². The number of likely N-dealkylation sites (N-methyl/N-ethyl adjacent to an activating group) is 1. The summed E-state index contributed by atoms with van der Waals surface area (Å²) in [6.45, 7) is 5.74. The zero-order chi connectivity index (χ0) is 17.2. The summed E-state index contributed by atoms with van der Waals surface area (Å²) < 4.78 is 0. The van der Waals surface area contributed by atoms with E-state index in [1.807, 2.05) is 17.8 Å². The van der Waals surface area contributed by atoms with Gasteiger partial charge in [0.1, 0.15) is 0 Å². The van der Waals surface area contributed by atoms with Gasteiger partial charge in [0.15, 0.2) is 0 Å². The van der Waals surface area contributed by atoms with Gasteiger partial charge in [0, 0.05) is 33.4 Å². The van der Waals surface area contributed by atoms with E-state index < -0.39 is 0 Å². The summed E-state index contributed by atoms with van der Waals surface area (Å²) in [7, 11) is 0. The van der Waals surface area contributed by atoms with Gasteiger partial charge in [-0.3, -0.25) is 4.90 Å². The maximum atomic E-state index is 6.27. The molecule has 1 fully saturated rings. The number of nitrogens with one attached hydrogen (secondary N) is 1. The minimum Gasteiger partial charge on any atom is -0.308 e. The molecule has 25 heavy (non-hydrogen) atoms. The normalized spacial score (nSPS) is 23.1. The number of halogens is 1. The molecule has 0 unspecified atom stereocenters. The average Bonchev–Trinajstić information content (AvgIpc) is 3.02. The maximum absolute atomic E-state index is 6.27. The summed E-state index contributed by atoms with van der Waals surface area (Å²) in [6, 6.07) is 16.1. The lowest BCUT2D eigenvalue weighted by Gasteiger charge is -2.26. The molecule has 2 nitrogen and oxygen atoms in total. The van der Waals surface area contributed by atoms with Crippen LogP contribution in [0.4, 0.5) is 0 Å². The van der Waals surface area contributed by atoms with E-state index >= 15 is 0 Å². The lowest BCUT2D eigenvalue weighted by molar-refractivity contribution is 0.253. The van der Waals surface area contributed by atoms with Crippen molar-refractivity contribution in [1.29, 1.82) is 0 Å². The van der Waals surface area contributed by atoms with Crippen LogP contribution in [-0.4, -0.2) is 30.6 Å². The van der Waals surface area contributed by atoms with Gasteiger partial charge in [0.2, 0.25) is 0 Å². The lowest BCUT2D eigenvalue weighted by atomic mass is 9.98. The van der Waals surface area contributed by atoms with Crippen LogP contribution in [0, 0.1) is 0 Å². The smallest absolute Gasteiger partial charge is 0.0409 e. The highest BCUT2D eigenvalue weighted by molar-refractivity contribution is 7.99. The molecule has 0 amide bonds. The number of fused-ring (bicyclic) bond motifs is 2. The molecule has 0 radical (unpaired) electrons. The molecule has 2 aliphatic rings. The van der Waals surface area contributed by atoms with E-state index in [0.717, 1.165) is 24.5 Å². The van der Waals surface area contributed by atoms with Crippen molar-refractivity contribution < 1.29 is 0 Å². The Morgan fingerprint density at radius 3 is 2.96 bits per heavy atom. The summed E-state index contributed by atoms with van der Waals surface area (Å²) in [5.74, 6) is 0. The van der Waals surface area contributed by atoms with Gasteiger partial charge in [-0.05, 0) is 67.7 Å². The molecule has 1 N–H and O–H groups in total. The summed E-state index contributed by atoms with van der Waals surface area (Å²) in [4.78, 5) is 5.30. The molecule has 2 atom stereocenters. The number of nitrogens with zero attached hydrogens (tertiary/aromatic N) is 1. The van der Waals surface area contributed by atoms with Crippen molar-refractivity contribution in [3.63, 3.8) is 0 Å². The molecule has 2 heterocycles. The van der Waals surface area contributed by atoms with Crippen LogP contribution in [0.5, 0.6) is 0 Å². The van der Waals surface area contributed by atoms with Crippen molar-refractivity contribution in [2.45, 2.75) is 48.1 Å². The van der Waals surface area contributed by atoms with E-state index in [1.165, 1.54) is 40.3 Å². The van der Waals surface area contributed by atoms with Crippen molar-refractivity contribution >= 4 is 23.4 Å². The molecule has 4 rings (SSSR count). The van der Waals surface area contributed by atoms with Crippen LogP contribution >= 0.6 is 23.4 Å². The first-order valence-electron chi connectivity index (χ1n) is 9.27. The number of rotatable bonds is 4. The average molecular weight is 373 g/mol. The first-order chi connectivity index (χ1) is 12.2. The van der Waals surface area contributed by atoms with E-state index in [2.05, 4.69) is 53.5 Å². The number of hydrogen-bond donors (Lipinski definition) is 1. The fourth-order valence-corrected chi connectivity index (χ4v) is 5.44. The molecule has 0 aromatic heterocycles. The van der Waals surface area contributed by atoms with Crippen LogP contribution in [0.3, 0.4) is 0 Å². The van der Waals surface area contributed by atoms with Gasteiger partial charge in [0.25, 0.3) is 0 Å². The Balaban J connectivity index is 1.59. The molecule has 4 heteroatoms. The zero-order valence-electron chi connectivity index (χ0n) is 14.7. The Kier molecular flexibility index (Phi) is 5.37. The van der Waals surface area contributed by atoms with Gasteiger partial charge in [-0.2, -0.15) is 0 Å². The molecule has 0 bridgehead atoms. The van der Waals surface area contributed by atoms with Crippen molar-refractivity contribution in [3.05, 3.63) is 58.6 Å². The van der Waals surface area contributed by atoms with E-state index in [-0.39, 0.29) is 0 Å². The van der Waals surface area contributed by atoms with Crippen molar-refractivity contribution in [2.24, 2.45) is 0 Å². The Bertz CT molecular complexity index is 748. The van der Waals surface area contributed by atoms with Gasteiger partial charge in [-0.1, -0.05) is 48.5 Å². The van der Waals surface area contributed by atoms with Crippen LogP contribution in [0.25, 0.3) is 0 Å². The molecule has 1 saturated heterocycles. The third-order valence-electron chi connectivity index (χ3n) is 5.47. The van der Waals surface area contributed by atoms with E-state index in [9.17, 15) is 0 Å². The standard InChI is InChI=1S/C21H25ClN2S/c1-2-24-11-5-6-17(24)14-23-19-13-15-12-16(22)9-10-20(15)25-21-8-4-3-7-18(19)21/h3-4,7-10,12,17,19,23H,2,5-6,11,13-14H2,1H3/t17-,19-/m0/s1. The molecule has 2 aromatic carbocycles. The van der Waals surface area contributed by atoms with Gasteiger partial charge in [0.05, 0.1) is 0 Å². The van der Waals surface area contributed by atoms with Crippen LogP contribution in [0.1, 0.15) is 36.9 Å². The Morgan fingerprint density at radius 2 is 2.08 bits per heavy atom. The SMILES string of the molecule is CCN1CCC[C@H]1CN[C@H]1Cc2cc(Cl)ccc2Sc2ccccc21. The Morgan fingerprint density at radius 1 is 1.20 bits per heavy atom. The molecule has 0 saturated carbocycles. The summed E-state index contributed by atoms with van der Waals surface area (Å²) in [5, 5.41) is 4.72. The number of hydrogen-bond acceptors (Lipinski definition) is 3. The molecule has 0 spiro atoms. The predicted octanol–water partition coefficient (Wildman–Crippen LogP) is 5.16. The zero-order valence-corrected chi connectivity index (χ0v) is 16.2. The predicted molar refractivity (Wildman–Crippen MR) is 107 cm³/mol. The maximum Gasteiger partial charge on any atom is 0.0409 e. The second-order valence-corrected chi connectivity index (χ2v) is 8.50. The number of likely N-dealkylation sites (tertiary alicyclic amines) is 1. The highest BCUT2D eigenvalue weighted by Crippen LogP contribution is 2.41. The topological polar surface area (TPSA) is 15.3 Å². The highest BCUT2D eigenvalue weighted by atomic mass is 35.5. The molecular formula is C21H25ClN2S. The minimum absolute atomic E-state index is 0.350. The highest BCUT2D eigenvalue weighted by Gasteiger charge is 2.26. The van der Waals surface area contributed by atoms with Crippen LogP contribution < -0.4 is 5.32 Å². The fourth-order valence-electron chi connectivity index (χ4n) is 4.12. The van der Waals surface area contributed by atoms with E-state index in [0.29, 0.717) is 12.1 Å². The third kappa shape index (κ3) is 3.75. The Hall–Kier alpha value is -1.00. The Labute approximate surface area is 159 Å². The number of benzene rings is 2.